The van der Waals surface area contributed by atoms with Crippen LogP contribution in [0.4, 0.5) is 0 Å². The molecule has 1 atom stereocenters. The van der Waals surface area contributed by atoms with Gasteiger partial charge in [0, 0.05) is 0 Å². The van der Waals surface area contributed by atoms with Crippen LogP contribution in [0.25, 0.3) is 0 Å². The van der Waals surface area contributed by atoms with Crippen LogP contribution in [0.5, 0.6) is 0 Å². The molecule has 14 heavy (non-hydrogen) atoms. The van der Waals surface area contributed by atoms with Crippen molar-refractivity contribution in [3.63, 3.8) is 0 Å². The topological polar surface area (TPSA) is 32.3 Å². The minimum atomic E-state index is 0.0859. The molecule has 1 aromatic carbocycles. The van der Waals surface area contributed by atoms with E-state index in [0.29, 0.717) is 0 Å². The first-order valence-electron chi connectivity index (χ1n) is 5.27. The molecule has 0 aliphatic heterocycles. The van der Waals surface area contributed by atoms with E-state index in [1.165, 1.54) is 6.42 Å². The lowest BCUT2D eigenvalue weighted by Crippen LogP contribution is -2.25. The molecule has 2 nitrogen and oxygen atoms in total. The van der Waals surface area contributed by atoms with Gasteiger partial charge in [0.1, 0.15) is 0 Å². The van der Waals surface area contributed by atoms with Gasteiger partial charge < -0.3 is 10.4 Å². The number of rotatable bonds is 6. The molecule has 0 bridgehead atoms. The van der Waals surface area contributed by atoms with E-state index in [-0.39, 0.29) is 12.6 Å². The molecule has 0 aliphatic rings. The van der Waals surface area contributed by atoms with Crippen LogP contribution in [-0.4, -0.2) is 18.3 Å². The molecule has 0 radical (unpaired) electrons. The summed E-state index contributed by atoms with van der Waals surface area (Å²) >= 11 is 0. The average molecular weight is 193 g/mol. The van der Waals surface area contributed by atoms with Gasteiger partial charge >= 0.3 is 0 Å². The van der Waals surface area contributed by atoms with E-state index in [4.69, 9.17) is 0 Å². The molecule has 2 N–H and O–H groups in total. The SMILES string of the molecule is CCCCN[C@@H](CO)c1ccccc1. The fourth-order valence-corrected chi connectivity index (χ4v) is 1.43. The Balaban J connectivity index is 2.46. The minimum Gasteiger partial charge on any atom is -0.394 e. The van der Waals surface area contributed by atoms with Crippen LogP contribution in [0, 0.1) is 0 Å². The van der Waals surface area contributed by atoms with Gasteiger partial charge in [-0.05, 0) is 18.5 Å². The Labute approximate surface area is 86.0 Å². The predicted molar refractivity (Wildman–Crippen MR) is 59.2 cm³/mol. The van der Waals surface area contributed by atoms with Gasteiger partial charge in [-0.3, -0.25) is 0 Å². The highest BCUT2D eigenvalue weighted by molar-refractivity contribution is 5.18. The van der Waals surface area contributed by atoms with E-state index < -0.39 is 0 Å². The highest BCUT2D eigenvalue weighted by Gasteiger charge is 2.07. The Bertz CT molecular complexity index is 235. The van der Waals surface area contributed by atoms with Gasteiger partial charge in [0.15, 0.2) is 0 Å². The zero-order valence-electron chi connectivity index (χ0n) is 8.74. The smallest absolute Gasteiger partial charge is 0.0626 e. The quantitative estimate of drug-likeness (QED) is 0.678. The van der Waals surface area contributed by atoms with Crippen LogP contribution < -0.4 is 5.32 Å². The molecule has 0 amide bonds. The normalized spacial score (nSPS) is 12.7. The first-order chi connectivity index (χ1) is 6.88. The summed E-state index contributed by atoms with van der Waals surface area (Å²) in [4.78, 5) is 0. The molecule has 0 aliphatic carbocycles. The van der Waals surface area contributed by atoms with Crippen molar-refractivity contribution >= 4 is 0 Å². The summed E-state index contributed by atoms with van der Waals surface area (Å²) in [6.07, 6.45) is 2.34. The number of aliphatic hydroxyl groups is 1. The number of aliphatic hydroxyl groups excluding tert-OH is 1. The van der Waals surface area contributed by atoms with Gasteiger partial charge in [0.25, 0.3) is 0 Å². The number of hydrogen-bond donors (Lipinski definition) is 2. The summed E-state index contributed by atoms with van der Waals surface area (Å²) in [7, 11) is 0. The van der Waals surface area contributed by atoms with Crippen molar-refractivity contribution < 1.29 is 5.11 Å². The minimum absolute atomic E-state index is 0.0859. The summed E-state index contributed by atoms with van der Waals surface area (Å²) in [5.41, 5.74) is 1.16. The molecule has 0 aromatic heterocycles. The van der Waals surface area contributed by atoms with Gasteiger partial charge in [-0.1, -0.05) is 43.7 Å². The van der Waals surface area contributed by atoms with Crippen LogP contribution in [0.3, 0.4) is 0 Å². The number of hydrogen-bond acceptors (Lipinski definition) is 2. The third kappa shape index (κ3) is 3.48. The van der Waals surface area contributed by atoms with Crippen LogP contribution in [0.15, 0.2) is 30.3 Å². The van der Waals surface area contributed by atoms with Crippen molar-refractivity contribution in [2.24, 2.45) is 0 Å². The van der Waals surface area contributed by atoms with E-state index in [2.05, 4.69) is 12.2 Å². The summed E-state index contributed by atoms with van der Waals surface area (Å²) in [6.45, 7) is 3.29. The summed E-state index contributed by atoms with van der Waals surface area (Å²) < 4.78 is 0. The van der Waals surface area contributed by atoms with Gasteiger partial charge in [-0.2, -0.15) is 0 Å². The van der Waals surface area contributed by atoms with Crippen molar-refractivity contribution in [3.8, 4) is 0 Å². The molecule has 0 fully saturated rings. The molecule has 0 saturated heterocycles. The van der Waals surface area contributed by atoms with Crippen molar-refractivity contribution in [1.29, 1.82) is 0 Å². The summed E-state index contributed by atoms with van der Waals surface area (Å²) in [5.74, 6) is 0. The fourth-order valence-electron chi connectivity index (χ4n) is 1.43. The first kappa shape index (κ1) is 11.2. The van der Waals surface area contributed by atoms with Crippen LogP contribution >= 0.6 is 0 Å². The monoisotopic (exact) mass is 193 g/mol. The largest absolute Gasteiger partial charge is 0.394 e. The molecule has 0 unspecified atom stereocenters. The van der Waals surface area contributed by atoms with Gasteiger partial charge in [0.05, 0.1) is 12.6 Å². The van der Waals surface area contributed by atoms with Crippen molar-refractivity contribution in [2.45, 2.75) is 25.8 Å². The molecular weight excluding hydrogens is 174 g/mol. The molecule has 78 valence electrons. The number of unbranched alkanes of at least 4 members (excludes halogenated alkanes) is 1. The zero-order chi connectivity index (χ0) is 10.2. The molecule has 0 spiro atoms. The van der Waals surface area contributed by atoms with E-state index in [1.807, 2.05) is 30.3 Å². The lowest BCUT2D eigenvalue weighted by Gasteiger charge is -2.16. The predicted octanol–water partition coefficient (Wildman–Crippen LogP) is 2.11. The lowest BCUT2D eigenvalue weighted by atomic mass is 10.1. The summed E-state index contributed by atoms with van der Waals surface area (Å²) in [6, 6.07) is 10.2. The third-order valence-electron chi connectivity index (χ3n) is 2.31. The zero-order valence-corrected chi connectivity index (χ0v) is 8.74. The van der Waals surface area contributed by atoms with E-state index in [9.17, 15) is 5.11 Å². The molecule has 0 saturated carbocycles. The Morgan fingerprint density at radius 2 is 2.00 bits per heavy atom. The van der Waals surface area contributed by atoms with Crippen LogP contribution in [0.1, 0.15) is 31.4 Å². The number of nitrogens with one attached hydrogen (secondary N) is 1. The fraction of sp³-hybridized carbons (Fsp3) is 0.500. The molecular formula is C12H19NO. The second-order valence-corrected chi connectivity index (χ2v) is 3.45. The van der Waals surface area contributed by atoms with Crippen molar-refractivity contribution in [2.75, 3.05) is 13.2 Å². The Hall–Kier alpha value is -0.860. The van der Waals surface area contributed by atoms with Crippen molar-refractivity contribution in [3.05, 3.63) is 35.9 Å². The van der Waals surface area contributed by atoms with E-state index in [0.717, 1.165) is 18.5 Å². The molecule has 1 aromatic rings. The summed E-state index contributed by atoms with van der Waals surface area (Å²) in [5, 5.41) is 12.6. The molecule has 2 heteroatoms. The van der Waals surface area contributed by atoms with Crippen molar-refractivity contribution in [1.82, 2.24) is 5.32 Å². The van der Waals surface area contributed by atoms with E-state index >= 15 is 0 Å². The van der Waals surface area contributed by atoms with Gasteiger partial charge in [-0.15, -0.1) is 0 Å². The maximum atomic E-state index is 9.22. The maximum Gasteiger partial charge on any atom is 0.0626 e. The molecule has 1 rings (SSSR count). The van der Waals surface area contributed by atoms with Gasteiger partial charge in [-0.25, -0.2) is 0 Å². The Morgan fingerprint density at radius 1 is 1.29 bits per heavy atom. The molecule has 0 heterocycles. The van der Waals surface area contributed by atoms with Gasteiger partial charge in [0.2, 0.25) is 0 Å². The van der Waals surface area contributed by atoms with E-state index in [1.54, 1.807) is 0 Å². The third-order valence-corrected chi connectivity index (χ3v) is 2.31. The second kappa shape index (κ2) is 6.57. The standard InChI is InChI=1S/C12H19NO/c1-2-3-9-13-12(10-14)11-7-5-4-6-8-11/h4-8,12-14H,2-3,9-10H2,1H3/t12-/m0/s1. The Kier molecular flexibility index (Phi) is 5.27. The second-order valence-electron chi connectivity index (χ2n) is 3.45. The average Bonchev–Trinajstić information content (AvgIpc) is 2.26. The maximum absolute atomic E-state index is 9.22. The first-order valence-corrected chi connectivity index (χ1v) is 5.27. The van der Waals surface area contributed by atoms with Crippen LogP contribution in [0.2, 0.25) is 0 Å². The highest BCUT2D eigenvalue weighted by atomic mass is 16.3. The lowest BCUT2D eigenvalue weighted by molar-refractivity contribution is 0.244. The Morgan fingerprint density at radius 3 is 2.57 bits per heavy atom. The van der Waals surface area contributed by atoms with Crippen LogP contribution in [-0.2, 0) is 0 Å². The highest BCUT2D eigenvalue weighted by Crippen LogP contribution is 2.11. The number of benzene rings is 1.